The Morgan fingerprint density at radius 3 is 2.44 bits per heavy atom. The molecule has 1 heterocycles. The van der Waals surface area contributed by atoms with Crippen molar-refractivity contribution in [2.45, 2.75) is 12.6 Å². The molecule has 6 heteroatoms. The minimum atomic E-state index is 0.0425. The summed E-state index contributed by atoms with van der Waals surface area (Å²) in [4.78, 5) is 3.66. The van der Waals surface area contributed by atoms with Crippen molar-refractivity contribution < 1.29 is 5.11 Å². The highest BCUT2D eigenvalue weighted by atomic mass is 32.1. The Balaban J connectivity index is 0.000000873. The zero-order chi connectivity index (χ0) is 14.3. The fraction of sp³-hybridized carbons (Fsp3) is 0.333. The van der Waals surface area contributed by atoms with Crippen molar-refractivity contribution in [3.05, 3.63) is 36.8 Å². The molecule has 1 aliphatic heterocycles. The average Bonchev–Trinajstić information content (AvgIpc) is 2.54. The maximum atomic E-state index is 9.63. The van der Waals surface area contributed by atoms with Crippen LogP contribution in [-0.2, 0) is 0 Å². The topological polar surface area (TPSA) is 74.4 Å². The van der Waals surface area contributed by atoms with E-state index in [1.54, 1.807) is 11.0 Å². The molecule has 1 saturated heterocycles. The number of nitrogens with one attached hydrogen (secondary N) is 1. The van der Waals surface area contributed by atoms with Crippen molar-refractivity contribution in [2.75, 3.05) is 14.1 Å². The summed E-state index contributed by atoms with van der Waals surface area (Å²) in [6.07, 6.45) is 3.94. The van der Waals surface area contributed by atoms with Crippen molar-refractivity contribution in [3.63, 3.8) is 0 Å². The van der Waals surface area contributed by atoms with Crippen LogP contribution < -0.4 is 0 Å². The van der Waals surface area contributed by atoms with Gasteiger partial charge in [-0.1, -0.05) is 25.3 Å². The third-order valence-corrected chi connectivity index (χ3v) is 2.64. The molecule has 0 bridgehead atoms. The van der Waals surface area contributed by atoms with Crippen LogP contribution in [0.15, 0.2) is 36.8 Å². The van der Waals surface area contributed by atoms with E-state index in [0.717, 1.165) is 6.42 Å². The molecule has 1 aliphatic rings. The van der Waals surface area contributed by atoms with Crippen molar-refractivity contribution >= 4 is 18.5 Å². The summed E-state index contributed by atoms with van der Waals surface area (Å²) in [7, 11) is 3.68. The average molecular weight is 266 g/mol. The Kier molecular flexibility index (Phi) is 6.68. The van der Waals surface area contributed by atoms with Gasteiger partial charge in [-0.25, -0.2) is 0 Å². The summed E-state index contributed by atoms with van der Waals surface area (Å²) in [5.74, 6) is 0.350. The third kappa shape index (κ3) is 3.31. The van der Waals surface area contributed by atoms with E-state index in [2.05, 4.69) is 25.8 Å². The Bertz CT molecular complexity index is 411. The zero-order valence-corrected chi connectivity index (χ0v) is 11.5. The standard InChI is InChI=1S/C11H17N3O.CHNS/c1-5-7-9-13(3)10(8(15)6-2)11(12)14(9)4;2-1-3/h5-6,9,12,15H,1-2,7H2,3-4H3;3H. The molecule has 0 amide bonds. The number of likely N-dealkylation sites (N-methyl/N-ethyl adjacent to an activating group) is 2. The van der Waals surface area contributed by atoms with E-state index >= 15 is 0 Å². The smallest absolute Gasteiger partial charge is 0.150 e. The number of amidine groups is 1. The molecule has 1 unspecified atom stereocenters. The molecule has 0 spiro atoms. The molecule has 0 saturated carbocycles. The van der Waals surface area contributed by atoms with Gasteiger partial charge in [-0.3, -0.25) is 5.41 Å². The molecular weight excluding hydrogens is 248 g/mol. The second kappa shape index (κ2) is 7.45. The van der Waals surface area contributed by atoms with Gasteiger partial charge in [0.05, 0.1) is 0 Å². The highest BCUT2D eigenvalue weighted by molar-refractivity contribution is 7.85. The number of hydrogen-bond acceptors (Lipinski definition) is 5. The number of thiol groups is 1. The predicted molar refractivity (Wildman–Crippen MR) is 76.3 cm³/mol. The molecule has 1 rings (SSSR count). The van der Waals surface area contributed by atoms with Gasteiger partial charge in [0.15, 0.2) is 0 Å². The first-order chi connectivity index (χ1) is 8.45. The largest absolute Gasteiger partial charge is 0.506 e. The van der Waals surface area contributed by atoms with Crippen LogP contribution >= 0.6 is 12.6 Å². The molecular formula is C12H18N4OS. The highest BCUT2D eigenvalue weighted by Crippen LogP contribution is 2.26. The van der Waals surface area contributed by atoms with Crippen molar-refractivity contribution in [2.24, 2.45) is 0 Å². The van der Waals surface area contributed by atoms with Gasteiger partial charge >= 0.3 is 0 Å². The Hall–Kier alpha value is -1.87. The molecule has 0 aromatic rings. The minimum Gasteiger partial charge on any atom is -0.506 e. The molecule has 0 radical (unpaired) electrons. The number of hydrogen-bond donors (Lipinski definition) is 3. The highest BCUT2D eigenvalue weighted by Gasteiger charge is 2.35. The van der Waals surface area contributed by atoms with Crippen molar-refractivity contribution in [3.8, 4) is 5.40 Å². The van der Waals surface area contributed by atoms with E-state index in [1.165, 1.54) is 11.5 Å². The van der Waals surface area contributed by atoms with Gasteiger partial charge in [-0.15, -0.1) is 6.58 Å². The zero-order valence-electron chi connectivity index (χ0n) is 10.6. The third-order valence-electron chi connectivity index (χ3n) is 2.64. The van der Waals surface area contributed by atoms with E-state index in [9.17, 15) is 5.11 Å². The lowest BCUT2D eigenvalue weighted by molar-refractivity contribution is 0.219. The number of aliphatic hydroxyl groups excluding tert-OH is 1. The number of allylic oxidation sites excluding steroid dienone is 1. The van der Waals surface area contributed by atoms with E-state index in [1.807, 2.05) is 19.0 Å². The number of aliphatic hydroxyl groups is 1. The second-order valence-corrected chi connectivity index (χ2v) is 3.81. The Morgan fingerprint density at radius 2 is 2.06 bits per heavy atom. The number of rotatable bonds is 3. The normalized spacial score (nSPS) is 20.8. The van der Waals surface area contributed by atoms with Gasteiger partial charge < -0.3 is 14.9 Å². The van der Waals surface area contributed by atoms with Crippen LogP contribution in [0.4, 0.5) is 0 Å². The lowest BCUT2D eigenvalue weighted by Crippen LogP contribution is -2.34. The minimum absolute atomic E-state index is 0.0425. The van der Waals surface area contributed by atoms with E-state index in [4.69, 9.17) is 10.7 Å². The summed E-state index contributed by atoms with van der Waals surface area (Å²) in [6, 6.07) is 0. The molecule has 0 aromatic heterocycles. The molecule has 2 N–H and O–H groups in total. The van der Waals surface area contributed by atoms with E-state index in [0.29, 0.717) is 11.5 Å². The van der Waals surface area contributed by atoms with Gasteiger partial charge in [0.1, 0.15) is 28.9 Å². The van der Waals surface area contributed by atoms with Crippen LogP contribution in [0, 0.1) is 16.1 Å². The fourth-order valence-corrected chi connectivity index (χ4v) is 1.76. The summed E-state index contributed by atoms with van der Waals surface area (Å²) >= 11 is 3.09. The first kappa shape index (κ1) is 16.1. The van der Waals surface area contributed by atoms with Crippen LogP contribution in [0.3, 0.4) is 0 Å². The van der Waals surface area contributed by atoms with Gasteiger partial charge in [0, 0.05) is 20.5 Å². The van der Waals surface area contributed by atoms with Crippen molar-refractivity contribution in [1.29, 1.82) is 10.7 Å². The molecule has 1 fully saturated rings. The van der Waals surface area contributed by atoms with Crippen LogP contribution in [0.25, 0.3) is 0 Å². The SMILES string of the molecule is C=CCC1N(C)C(=N)C(=C(O)C=C)N1C.N#CS. The molecule has 0 aromatic carbocycles. The van der Waals surface area contributed by atoms with E-state index in [-0.39, 0.29) is 11.9 Å². The maximum absolute atomic E-state index is 9.63. The van der Waals surface area contributed by atoms with Crippen LogP contribution in [0.1, 0.15) is 6.42 Å². The first-order valence-electron chi connectivity index (χ1n) is 5.20. The summed E-state index contributed by atoms with van der Waals surface area (Å²) < 4.78 is 0. The summed E-state index contributed by atoms with van der Waals surface area (Å²) in [5.41, 5.74) is 0.513. The monoisotopic (exact) mass is 266 g/mol. The number of nitriles is 1. The van der Waals surface area contributed by atoms with Gasteiger partial charge in [-0.2, -0.15) is 5.26 Å². The molecule has 0 aliphatic carbocycles. The predicted octanol–water partition coefficient (Wildman–Crippen LogP) is 2.10. The first-order valence-corrected chi connectivity index (χ1v) is 5.65. The fourth-order valence-electron chi connectivity index (χ4n) is 1.76. The Morgan fingerprint density at radius 1 is 1.56 bits per heavy atom. The quantitative estimate of drug-likeness (QED) is 0.316. The van der Waals surface area contributed by atoms with Crippen LogP contribution in [0.2, 0.25) is 0 Å². The Labute approximate surface area is 113 Å². The van der Waals surface area contributed by atoms with Gasteiger partial charge in [0.2, 0.25) is 0 Å². The lowest BCUT2D eigenvalue weighted by Gasteiger charge is -2.24. The number of nitrogens with zero attached hydrogens (tertiary/aromatic N) is 3. The molecule has 98 valence electrons. The molecule has 5 nitrogen and oxygen atoms in total. The maximum Gasteiger partial charge on any atom is 0.150 e. The van der Waals surface area contributed by atoms with E-state index < -0.39 is 0 Å². The van der Waals surface area contributed by atoms with Crippen LogP contribution in [-0.4, -0.2) is 41.0 Å². The van der Waals surface area contributed by atoms with Gasteiger partial charge in [-0.05, 0) is 6.08 Å². The van der Waals surface area contributed by atoms with Crippen LogP contribution in [0.5, 0.6) is 0 Å². The molecule has 1 atom stereocenters. The second-order valence-electron chi connectivity index (χ2n) is 3.61. The summed E-state index contributed by atoms with van der Waals surface area (Å²) in [5, 5.41) is 26.1. The lowest BCUT2D eigenvalue weighted by atomic mass is 10.3. The summed E-state index contributed by atoms with van der Waals surface area (Å²) in [6.45, 7) is 7.19. The van der Waals surface area contributed by atoms with Crippen molar-refractivity contribution in [1.82, 2.24) is 9.80 Å². The van der Waals surface area contributed by atoms with Gasteiger partial charge in [0.25, 0.3) is 0 Å². The number of thiocyanates is 1. The molecule has 18 heavy (non-hydrogen) atoms.